The first-order valence-corrected chi connectivity index (χ1v) is 6.13. The van der Waals surface area contributed by atoms with Gasteiger partial charge in [0.05, 0.1) is 5.56 Å². The number of rotatable bonds is 3. The molecule has 0 saturated carbocycles. The number of thiazole rings is 1. The molecule has 0 aliphatic heterocycles. The Morgan fingerprint density at radius 3 is 3.00 bits per heavy atom. The zero-order chi connectivity index (χ0) is 11.5. The second kappa shape index (κ2) is 4.63. The number of carboxylic acid groups (broad SMARTS) is 1. The van der Waals surface area contributed by atoms with Crippen LogP contribution in [0, 0.1) is 6.92 Å². The van der Waals surface area contributed by atoms with Crippen molar-refractivity contribution in [1.82, 2.24) is 9.97 Å². The van der Waals surface area contributed by atoms with Crippen LogP contribution in [0.2, 0.25) is 0 Å². The molecule has 0 saturated heterocycles. The maximum Gasteiger partial charge on any atom is 0.338 e. The van der Waals surface area contributed by atoms with Gasteiger partial charge in [-0.2, -0.15) is 0 Å². The number of carboxylic acids is 1. The van der Waals surface area contributed by atoms with Crippen molar-refractivity contribution in [2.24, 2.45) is 0 Å². The minimum absolute atomic E-state index is 0.209. The number of aromatic nitrogens is 2. The summed E-state index contributed by atoms with van der Waals surface area (Å²) in [7, 11) is 0. The second-order valence-corrected chi connectivity index (χ2v) is 5.18. The maximum absolute atomic E-state index is 10.9. The zero-order valence-electron chi connectivity index (χ0n) is 8.38. The van der Waals surface area contributed by atoms with E-state index >= 15 is 0 Å². The number of hydrogen-bond donors (Lipinski definition) is 1. The predicted molar refractivity (Wildman–Crippen MR) is 62.2 cm³/mol. The van der Waals surface area contributed by atoms with Crippen LogP contribution < -0.4 is 0 Å². The van der Waals surface area contributed by atoms with Gasteiger partial charge in [-0.1, -0.05) is 11.8 Å². The highest BCUT2D eigenvalue weighted by atomic mass is 32.2. The van der Waals surface area contributed by atoms with Crippen LogP contribution in [0.4, 0.5) is 0 Å². The zero-order valence-corrected chi connectivity index (χ0v) is 10.0. The van der Waals surface area contributed by atoms with E-state index in [0.717, 1.165) is 10.0 Å². The first kappa shape index (κ1) is 11.1. The molecular weight excluding hydrogens is 244 g/mol. The lowest BCUT2D eigenvalue weighted by Gasteiger charge is -2.01. The number of pyridine rings is 1. The average molecular weight is 252 g/mol. The molecule has 0 spiro atoms. The fourth-order valence-corrected chi connectivity index (χ4v) is 2.99. The summed E-state index contributed by atoms with van der Waals surface area (Å²) in [5.41, 5.74) is 1.15. The largest absolute Gasteiger partial charge is 0.478 e. The van der Waals surface area contributed by atoms with Crippen LogP contribution in [0.25, 0.3) is 0 Å². The minimum Gasteiger partial charge on any atom is -0.478 e. The van der Waals surface area contributed by atoms with Crippen molar-refractivity contribution >= 4 is 29.1 Å². The highest BCUT2D eigenvalue weighted by Gasteiger charge is 2.12. The number of carbonyl (C=O) groups is 1. The summed E-state index contributed by atoms with van der Waals surface area (Å²) in [5, 5.41) is 10.9. The fraction of sp³-hybridized carbons (Fsp3) is 0.100. The SMILES string of the molecule is Cc1csc(Sc2ccncc2C(=O)O)n1. The number of aryl methyl sites for hydroxylation is 1. The molecule has 0 aromatic carbocycles. The van der Waals surface area contributed by atoms with Gasteiger partial charge in [-0.25, -0.2) is 9.78 Å². The first-order chi connectivity index (χ1) is 7.66. The average Bonchev–Trinajstić information content (AvgIpc) is 2.64. The van der Waals surface area contributed by atoms with E-state index in [1.165, 1.54) is 29.3 Å². The van der Waals surface area contributed by atoms with Crippen molar-refractivity contribution in [1.29, 1.82) is 0 Å². The molecule has 2 heterocycles. The van der Waals surface area contributed by atoms with Gasteiger partial charge in [-0.15, -0.1) is 11.3 Å². The van der Waals surface area contributed by atoms with Crippen molar-refractivity contribution in [3.05, 3.63) is 35.1 Å². The fourth-order valence-electron chi connectivity index (χ4n) is 1.10. The topological polar surface area (TPSA) is 63.1 Å². The van der Waals surface area contributed by atoms with Crippen molar-refractivity contribution in [2.45, 2.75) is 16.2 Å². The molecule has 0 amide bonds. The van der Waals surface area contributed by atoms with Crippen molar-refractivity contribution < 1.29 is 9.90 Å². The molecule has 0 bridgehead atoms. The van der Waals surface area contributed by atoms with Crippen molar-refractivity contribution in [3.8, 4) is 0 Å². The molecule has 1 N–H and O–H groups in total. The van der Waals surface area contributed by atoms with Gasteiger partial charge in [-0.3, -0.25) is 4.98 Å². The van der Waals surface area contributed by atoms with Crippen molar-refractivity contribution in [3.63, 3.8) is 0 Å². The molecule has 0 atom stereocenters. The van der Waals surface area contributed by atoms with Gasteiger partial charge in [0.25, 0.3) is 0 Å². The minimum atomic E-state index is -0.969. The summed E-state index contributed by atoms with van der Waals surface area (Å²) in [6, 6.07) is 1.69. The van der Waals surface area contributed by atoms with E-state index in [1.54, 1.807) is 12.3 Å². The molecule has 0 radical (unpaired) electrons. The van der Waals surface area contributed by atoms with E-state index in [2.05, 4.69) is 9.97 Å². The number of nitrogens with zero attached hydrogens (tertiary/aromatic N) is 2. The Morgan fingerprint density at radius 2 is 2.38 bits per heavy atom. The van der Waals surface area contributed by atoms with Gasteiger partial charge in [-0.05, 0) is 13.0 Å². The first-order valence-electron chi connectivity index (χ1n) is 4.44. The molecule has 0 unspecified atom stereocenters. The van der Waals surface area contributed by atoms with E-state index in [4.69, 9.17) is 5.11 Å². The summed E-state index contributed by atoms with van der Waals surface area (Å²) in [5.74, 6) is -0.969. The van der Waals surface area contributed by atoms with E-state index in [9.17, 15) is 4.79 Å². The van der Waals surface area contributed by atoms with Gasteiger partial charge < -0.3 is 5.11 Å². The highest BCUT2D eigenvalue weighted by molar-refractivity contribution is 8.01. The molecule has 2 rings (SSSR count). The van der Waals surface area contributed by atoms with Crippen LogP contribution >= 0.6 is 23.1 Å². The van der Waals surface area contributed by atoms with Crippen LogP contribution in [-0.4, -0.2) is 21.0 Å². The third-order valence-electron chi connectivity index (χ3n) is 1.81. The number of aromatic carboxylic acids is 1. The molecule has 0 aliphatic carbocycles. The van der Waals surface area contributed by atoms with Crippen LogP contribution in [0.5, 0.6) is 0 Å². The quantitative estimate of drug-likeness (QED) is 0.910. The van der Waals surface area contributed by atoms with Gasteiger partial charge in [0.1, 0.15) is 0 Å². The summed E-state index contributed by atoms with van der Waals surface area (Å²) in [6.07, 6.45) is 2.93. The summed E-state index contributed by atoms with van der Waals surface area (Å²) in [4.78, 5) is 19.7. The van der Waals surface area contributed by atoms with Crippen LogP contribution in [0.1, 0.15) is 16.1 Å². The molecule has 0 aliphatic rings. The molecular formula is C10H8N2O2S2. The Labute approximate surface area is 100 Å². The summed E-state index contributed by atoms with van der Waals surface area (Å²) in [6.45, 7) is 1.91. The Hall–Kier alpha value is -1.40. The van der Waals surface area contributed by atoms with Gasteiger partial charge in [0.15, 0.2) is 4.34 Å². The molecule has 4 nitrogen and oxygen atoms in total. The van der Waals surface area contributed by atoms with Crippen LogP contribution in [0.3, 0.4) is 0 Å². The Balaban J connectivity index is 2.31. The standard InChI is InChI=1S/C10H8N2O2S2/c1-6-5-15-10(12-6)16-8-2-3-11-4-7(8)9(13)14/h2-5H,1H3,(H,13,14). The van der Waals surface area contributed by atoms with Crippen LogP contribution in [-0.2, 0) is 0 Å². The Kier molecular flexibility index (Phi) is 3.21. The summed E-state index contributed by atoms with van der Waals surface area (Å²) < 4.78 is 0.839. The molecule has 16 heavy (non-hydrogen) atoms. The predicted octanol–water partition coefficient (Wildman–Crippen LogP) is 2.70. The lowest BCUT2D eigenvalue weighted by atomic mass is 10.3. The van der Waals surface area contributed by atoms with E-state index in [1.807, 2.05) is 12.3 Å². The lowest BCUT2D eigenvalue weighted by Crippen LogP contribution is -1.99. The molecule has 0 fully saturated rings. The number of hydrogen-bond acceptors (Lipinski definition) is 5. The van der Waals surface area contributed by atoms with E-state index in [0.29, 0.717) is 4.90 Å². The molecule has 6 heteroatoms. The van der Waals surface area contributed by atoms with Crippen molar-refractivity contribution in [2.75, 3.05) is 0 Å². The monoisotopic (exact) mass is 252 g/mol. The van der Waals surface area contributed by atoms with Gasteiger partial charge >= 0.3 is 5.97 Å². The van der Waals surface area contributed by atoms with E-state index in [-0.39, 0.29) is 5.56 Å². The van der Waals surface area contributed by atoms with Crippen LogP contribution in [0.15, 0.2) is 33.1 Å². The van der Waals surface area contributed by atoms with Gasteiger partial charge in [0.2, 0.25) is 0 Å². The molecule has 2 aromatic rings. The third-order valence-corrected chi connectivity index (χ3v) is 3.94. The molecule has 82 valence electrons. The smallest absolute Gasteiger partial charge is 0.338 e. The van der Waals surface area contributed by atoms with E-state index < -0.39 is 5.97 Å². The summed E-state index contributed by atoms with van der Waals surface area (Å²) >= 11 is 2.85. The molecule has 2 aromatic heterocycles. The van der Waals surface area contributed by atoms with Gasteiger partial charge in [0, 0.05) is 28.4 Å². The third kappa shape index (κ3) is 2.40. The normalized spacial score (nSPS) is 10.3. The lowest BCUT2D eigenvalue weighted by molar-refractivity contribution is 0.0692. The highest BCUT2D eigenvalue weighted by Crippen LogP contribution is 2.32. The Bertz CT molecular complexity index is 525. The second-order valence-electron chi connectivity index (χ2n) is 3.03. The maximum atomic E-state index is 10.9. The Morgan fingerprint density at radius 1 is 1.56 bits per heavy atom.